The molecule has 1 amide bonds. The van der Waals surface area contributed by atoms with Gasteiger partial charge in [-0.3, -0.25) is 4.79 Å². The fourth-order valence-electron chi connectivity index (χ4n) is 8.78. The third-order valence-corrected chi connectivity index (χ3v) is 12.8. The predicted octanol–water partition coefficient (Wildman–Crippen LogP) is -14.0. The van der Waals surface area contributed by atoms with Gasteiger partial charge in [0.2, 0.25) is 5.91 Å². The number of carbonyl (C=O) groups is 1. The zero-order valence-electron chi connectivity index (χ0n) is 37.0. The van der Waals surface area contributed by atoms with Crippen LogP contribution in [0.25, 0.3) is 0 Å². The number of rotatable bonds is 17. The topological polar surface area (TPSA) is 515 Å². The molecule has 0 aliphatic carbocycles. The molecule has 0 aromatic carbocycles. The summed E-state index contributed by atoms with van der Waals surface area (Å²) in [6.45, 7) is -4.67. The molecule has 6 aliphatic heterocycles. The SMILES string of the molecule is CC(=O)NC1C(O)OC(CO)C(OC2OC(COC3OC(CO)C(O)C(OC4OC(CO)C(O)C(O)C4OC4OC(CO)C(O)C(O)C4O)C3O)C(O)C(OC3OC(CO)C(O)C(O)C3O)C2O)C1O. The Morgan fingerprint density at radius 1 is 0.371 bits per heavy atom. The molecule has 6 heterocycles. The number of aliphatic hydroxyl groups is 19. The van der Waals surface area contributed by atoms with Gasteiger partial charge in [-0.2, -0.15) is 0 Å². The zero-order chi connectivity index (χ0) is 51.6. The van der Waals surface area contributed by atoms with Crippen molar-refractivity contribution in [3.63, 3.8) is 0 Å². The third-order valence-electron chi connectivity index (χ3n) is 12.8. The first-order chi connectivity index (χ1) is 33.1. The van der Waals surface area contributed by atoms with Crippen LogP contribution in [0.1, 0.15) is 6.92 Å². The van der Waals surface area contributed by atoms with Crippen molar-refractivity contribution in [2.45, 2.75) is 191 Å². The van der Waals surface area contributed by atoms with Crippen molar-refractivity contribution < 1.29 is 154 Å². The average molecular weight is 1030 g/mol. The summed E-state index contributed by atoms with van der Waals surface area (Å²) in [5.41, 5.74) is 0. The number of nitrogens with one attached hydrogen (secondary N) is 1. The maximum Gasteiger partial charge on any atom is 0.217 e. The largest absolute Gasteiger partial charge is 0.394 e. The molecule has 0 spiro atoms. The van der Waals surface area contributed by atoms with Crippen molar-refractivity contribution in [2.75, 3.05) is 39.6 Å². The van der Waals surface area contributed by atoms with E-state index in [-0.39, 0.29) is 0 Å². The molecule has 0 bridgehead atoms. The number of carbonyl (C=O) groups excluding carboxylic acids is 1. The first kappa shape index (κ1) is 57.5. The summed E-state index contributed by atoms with van der Waals surface area (Å²) in [6, 6.07) is -1.59. The van der Waals surface area contributed by atoms with Crippen LogP contribution in [0.15, 0.2) is 0 Å². The lowest BCUT2D eigenvalue weighted by Crippen LogP contribution is -2.68. The van der Waals surface area contributed by atoms with E-state index in [1.807, 2.05) is 0 Å². The van der Waals surface area contributed by atoms with Crippen molar-refractivity contribution in [1.82, 2.24) is 5.32 Å². The van der Waals surface area contributed by atoms with Gasteiger partial charge in [0.15, 0.2) is 37.7 Å². The van der Waals surface area contributed by atoms with Crippen LogP contribution >= 0.6 is 0 Å². The van der Waals surface area contributed by atoms with Crippen molar-refractivity contribution in [3.05, 3.63) is 0 Å². The van der Waals surface area contributed by atoms with Crippen molar-refractivity contribution in [1.29, 1.82) is 0 Å². The van der Waals surface area contributed by atoms with Crippen LogP contribution < -0.4 is 5.32 Å². The Bertz CT molecular complexity index is 1630. The lowest BCUT2D eigenvalue weighted by Gasteiger charge is -2.49. The number of aliphatic hydroxyl groups excluding tert-OH is 19. The van der Waals surface area contributed by atoms with Gasteiger partial charge in [-0.15, -0.1) is 0 Å². The van der Waals surface area contributed by atoms with Crippen LogP contribution in [-0.2, 0) is 56.9 Å². The molecular weight excluding hydrogens is 966 g/mol. The molecule has 20 N–H and O–H groups in total. The Morgan fingerprint density at radius 3 is 1.24 bits per heavy atom. The minimum absolute atomic E-state index is 0.746. The van der Waals surface area contributed by atoms with E-state index < -0.39 is 230 Å². The quantitative estimate of drug-likeness (QED) is 0.0643. The number of hydrogen-bond donors (Lipinski definition) is 20. The van der Waals surface area contributed by atoms with Crippen molar-refractivity contribution in [3.8, 4) is 0 Å². The summed E-state index contributed by atoms with van der Waals surface area (Å²) in [6.07, 6.45) is -56.2. The summed E-state index contributed by atoms with van der Waals surface area (Å²) >= 11 is 0. The van der Waals surface area contributed by atoms with Gasteiger partial charge in [-0.1, -0.05) is 0 Å². The standard InChI is InChI=1S/C38H65NO31/c1-8(45)39-15-21(51)29(13(6-44)61-33(15)59)67-37-28(58)31(68-35-25(55)22(52)16(46)9(2-40)63-35)20(50)14(66-37)7-60-34-27(57)30(19(49)12(5-43)62-34)69-38-32(24(54)18(48)11(4-42)65-38)70-36-26(56)23(53)17(47)10(3-41)64-36/h9-38,40-44,46-59H,2-7H2,1H3,(H,39,45). The van der Waals surface area contributed by atoms with Gasteiger partial charge in [0, 0.05) is 6.92 Å². The molecule has 0 radical (unpaired) electrons. The van der Waals surface area contributed by atoms with Crippen LogP contribution in [0, 0.1) is 0 Å². The van der Waals surface area contributed by atoms with Crippen LogP contribution in [0.4, 0.5) is 0 Å². The minimum atomic E-state index is -2.20. The Labute approximate surface area is 395 Å². The molecule has 6 saturated heterocycles. The van der Waals surface area contributed by atoms with E-state index in [1.54, 1.807) is 0 Å². The van der Waals surface area contributed by atoms with Gasteiger partial charge in [0.1, 0.15) is 146 Å². The maximum atomic E-state index is 11.9. The van der Waals surface area contributed by atoms with Crippen molar-refractivity contribution >= 4 is 5.91 Å². The molecule has 32 heteroatoms. The predicted molar refractivity (Wildman–Crippen MR) is 211 cm³/mol. The Kier molecular flexibility index (Phi) is 20.3. The summed E-state index contributed by atoms with van der Waals surface area (Å²) in [4.78, 5) is 11.9. The monoisotopic (exact) mass is 1030 g/mol. The van der Waals surface area contributed by atoms with E-state index in [4.69, 9.17) is 52.1 Å². The van der Waals surface area contributed by atoms with Gasteiger partial charge in [0.05, 0.1) is 39.6 Å². The first-order valence-electron chi connectivity index (χ1n) is 22.1. The van der Waals surface area contributed by atoms with E-state index in [1.165, 1.54) is 0 Å². The lowest BCUT2D eigenvalue weighted by molar-refractivity contribution is -0.393. The van der Waals surface area contributed by atoms with Gasteiger partial charge >= 0.3 is 0 Å². The fraction of sp³-hybridized carbons (Fsp3) is 0.974. The second kappa shape index (κ2) is 24.7. The molecule has 6 aliphatic rings. The van der Waals surface area contributed by atoms with Crippen LogP contribution in [0.3, 0.4) is 0 Å². The third kappa shape index (κ3) is 12.0. The van der Waals surface area contributed by atoms with E-state index in [2.05, 4.69) is 5.32 Å². The second-order valence-corrected chi connectivity index (χ2v) is 17.5. The molecule has 32 nitrogen and oxygen atoms in total. The summed E-state index contributed by atoms with van der Waals surface area (Å²) in [5.74, 6) is -0.746. The average Bonchev–Trinajstić information content (AvgIpc) is 3.33. The highest BCUT2D eigenvalue weighted by Crippen LogP contribution is 2.36. The van der Waals surface area contributed by atoms with E-state index in [0.29, 0.717) is 0 Å². The molecule has 6 rings (SSSR count). The minimum Gasteiger partial charge on any atom is -0.394 e. The molecule has 0 aromatic heterocycles. The Hall–Kier alpha value is -1.73. The highest BCUT2D eigenvalue weighted by molar-refractivity contribution is 5.73. The number of hydrogen-bond acceptors (Lipinski definition) is 31. The van der Waals surface area contributed by atoms with E-state index in [0.717, 1.165) is 6.92 Å². The summed E-state index contributed by atoms with van der Waals surface area (Å²) < 4.78 is 61.9. The Balaban J connectivity index is 1.24. The molecule has 408 valence electrons. The smallest absolute Gasteiger partial charge is 0.217 e. The molecular formula is C38H65NO31. The van der Waals surface area contributed by atoms with Crippen molar-refractivity contribution in [2.24, 2.45) is 0 Å². The highest BCUT2D eigenvalue weighted by atomic mass is 16.8. The summed E-state index contributed by atoms with van der Waals surface area (Å²) in [7, 11) is 0. The van der Waals surface area contributed by atoms with E-state index in [9.17, 15) is 102 Å². The molecule has 70 heavy (non-hydrogen) atoms. The molecule has 0 aromatic rings. The normalized spacial score (nSPS) is 51.5. The Morgan fingerprint density at radius 2 is 0.743 bits per heavy atom. The van der Waals surface area contributed by atoms with Crippen LogP contribution in [-0.4, -0.2) is 327 Å². The number of ether oxygens (including phenoxy) is 11. The maximum absolute atomic E-state index is 11.9. The highest BCUT2D eigenvalue weighted by Gasteiger charge is 2.57. The van der Waals surface area contributed by atoms with Gasteiger partial charge < -0.3 is 154 Å². The molecule has 0 saturated carbocycles. The first-order valence-corrected chi connectivity index (χ1v) is 22.1. The second-order valence-electron chi connectivity index (χ2n) is 17.5. The van der Waals surface area contributed by atoms with Gasteiger partial charge in [-0.05, 0) is 0 Å². The lowest BCUT2D eigenvalue weighted by atomic mass is 9.95. The van der Waals surface area contributed by atoms with E-state index >= 15 is 0 Å². The zero-order valence-corrected chi connectivity index (χ0v) is 37.0. The van der Waals surface area contributed by atoms with Crippen LogP contribution in [0.5, 0.6) is 0 Å². The molecule has 30 unspecified atom stereocenters. The fourth-order valence-corrected chi connectivity index (χ4v) is 8.78. The summed E-state index contributed by atoms with van der Waals surface area (Å²) in [5, 5.41) is 204. The molecule has 6 fully saturated rings. The van der Waals surface area contributed by atoms with Gasteiger partial charge in [-0.25, -0.2) is 0 Å². The van der Waals surface area contributed by atoms with Crippen LogP contribution in [0.2, 0.25) is 0 Å². The van der Waals surface area contributed by atoms with Gasteiger partial charge in [0.25, 0.3) is 0 Å². The molecule has 30 atom stereocenters. The number of amides is 1.